The fourth-order valence-electron chi connectivity index (χ4n) is 1.24. The summed E-state index contributed by atoms with van der Waals surface area (Å²) < 4.78 is 0.514. The SMILES string of the molecule is CSC(=Nc1c(C)cc([N+](=O)[O-])cc1Br)NC#N. The number of aryl methyl sites for hydroxylation is 1. The van der Waals surface area contributed by atoms with Crippen molar-refractivity contribution in [2.45, 2.75) is 6.92 Å². The van der Waals surface area contributed by atoms with E-state index >= 15 is 0 Å². The van der Waals surface area contributed by atoms with Crippen molar-refractivity contribution in [3.05, 3.63) is 32.3 Å². The molecule has 0 aromatic heterocycles. The van der Waals surface area contributed by atoms with E-state index in [4.69, 9.17) is 5.26 Å². The van der Waals surface area contributed by atoms with E-state index in [0.717, 1.165) is 0 Å². The molecular formula is C10H9BrN4O2S. The predicted octanol–water partition coefficient (Wildman–Crippen LogP) is 3.09. The number of halogens is 1. The molecule has 18 heavy (non-hydrogen) atoms. The van der Waals surface area contributed by atoms with E-state index in [0.29, 0.717) is 20.9 Å². The number of aliphatic imine (C=N–C) groups is 1. The Morgan fingerprint density at radius 1 is 1.67 bits per heavy atom. The number of amidine groups is 1. The van der Waals surface area contributed by atoms with E-state index in [9.17, 15) is 10.1 Å². The summed E-state index contributed by atoms with van der Waals surface area (Å²) in [6.07, 6.45) is 3.56. The number of hydrogen-bond donors (Lipinski definition) is 1. The minimum Gasteiger partial charge on any atom is -0.271 e. The van der Waals surface area contributed by atoms with Crippen LogP contribution in [0.5, 0.6) is 0 Å². The van der Waals surface area contributed by atoms with Crippen molar-refractivity contribution in [1.82, 2.24) is 5.32 Å². The lowest BCUT2D eigenvalue weighted by Crippen LogP contribution is -2.12. The average Bonchev–Trinajstić information content (AvgIpc) is 2.31. The zero-order chi connectivity index (χ0) is 13.7. The quantitative estimate of drug-likeness (QED) is 0.225. The molecule has 1 N–H and O–H groups in total. The van der Waals surface area contributed by atoms with Gasteiger partial charge < -0.3 is 0 Å². The van der Waals surface area contributed by atoms with Gasteiger partial charge in [-0.25, -0.2) is 4.99 Å². The Morgan fingerprint density at radius 3 is 2.78 bits per heavy atom. The molecule has 0 radical (unpaired) electrons. The van der Waals surface area contributed by atoms with Crippen molar-refractivity contribution >= 4 is 44.2 Å². The topological polar surface area (TPSA) is 91.3 Å². The Bertz CT molecular complexity index is 530. The highest BCUT2D eigenvalue weighted by molar-refractivity contribution is 9.10. The first kappa shape index (κ1) is 14.5. The third-order valence-electron chi connectivity index (χ3n) is 2.02. The molecule has 0 fully saturated rings. The first-order chi connectivity index (χ1) is 8.49. The van der Waals surface area contributed by atoms with E-state index in [2.05, 4.69) is 26.2 Å². The number of nitriles is 1. The molecule has 0 aliphatic rings. The average molecular weight is 329 g/mol. The van der Waals surface area contributed by atoms with Gasteiger partial charge in [-0.1, -0.05) is 11.8 Å². The summed E-state index contributed by atoms with van der Waals surface area (Å²) in [6, 6.07) is 2.82. The summed E-state index contributed by atoms with van der Waals surface area (Å²) in [4.78, 5) is 14.5. The summed E-state index contributed by atoms with van der Waals surface area (Å²) in [5, 5.41) is 22.1. The first-order valence-electron chi connectivity index (χ1n) is 4.72. The standard InChI is InChI=1S/C10H9BrN4O2S/c1-6-3-7(15(16)17)4-8(11)9(6)14-10(18-2)13-5-12/h3-4H,1-2H3,(H,13,14). The highest BCUT2D eigenvalue weighted by atomic mass is 79.9. The largest absolute Gasteiger partial charge is 0.271 e. The number of nitrogens with zero attached hydrogens (tertiary/aromatic N) is 3. The van der Waals surface area contributed by atoms with Crippen molar-refractivity contribution in [1.29, 1.82) is 5.26 Å². The van der Waals surface area contributed by atoms with Crippen LogP contribution in [0.3, 0.4) is 0 Å². The van der Waals surface area contributed by atoms with Gasteiger partial charge in [-0.05, 0) is 34.7 Å². The summed E-state index contributed by atoms with van der Waals surface area (Å²) in [5.41, 5.74) is 1.22. The monoisotopic (exact) mass is 328 g/mol. The number of non-ortho nitro benzene ring substituents is 1. The molecule has 0 aliphatic carbocycles. The molecule has 0 amide bonds. The Hall–Kier alpha value is -1.59. The molecule has 0 heterocycles. The van der Waals surface area contributed by atoms with E-state index in [-0.39, 0.29) is 5.69 Å². The smallest absolute Gasteiger partial charge is 0.270 e. The van der Waals surface area contributed by atoms with Crippen molar-refractivity contribution in [2.75, 3.05) is 6.26 Å². The Morgan fingerprint density at radius 2 is 2.33 bits per heavy atom. The lowest BCUT2D eigenvalue weighted by molar-refractivity contribution is -0.385. The maximum Gasteiger partial charge on any atom is 0.270 e. The molecular weight excluding hydrogens is 320 g/mol. The van der Waals surface area contributed by atoms with E-state index in [1.54, 1.807) is 19.4 Å². The molecule has 1 aromatic carbocycles. The van der Waals surface area contributed by atoms with Gasteiger partial charge >= 0.3 is 0 Å². The van der Waals surface area contributed by atoms with E-state index in [1.165, 1.54) is 23.9 Å². The summed E-state index contributed by atoms with van der Waals surface area (Å²) >= 11 is 4.52. The fraction of sp³-hybridized carbons (Fsp3) is 0.200. The molecule has 0 aliphatic heterocycles. The van der Waals surface area contributed by atoms with Crippen LogP contribution >= 0.6 is 27.7 Å². The lowest BCUT2D eigenvalue weighted by Gasteiger charge is -2.05. The molecule has 0 atom stereocenters. The third kappa shape index (κ3) is 3.45. The Kier molecular flexibility index (Phi) is 5.12. The van der Waals surface area contributed by atoms with Crippen LogP contribution in [0.25, 0.3) is 0 Å². The van der Waals surface area contributed by atoms with Gasteiger partial charge in [0.15, 0.2) is 11.4 Å². The van der Waals surface area contributed by atoms with Crippen molar-refractivity contribution < 1.29 is 4.92 Å². The number of nitrogens with one attached hydrogen (secondary N) is 1. The minimum absolute atomic E-state index is 0.00253. The first-order valence-corrected chi connectivity index (χ1v) is 6.73. The van der Waals surface area contributed by atoms with E-state index in [1.807, 2.05) is 0 Å². The van der Waals surface area contributed by atoms with Gasteiger partial charge in [0, 0.05) is 12.1 Å². The van der Waals surface area contributed by atoms with Gasteiger partial charge in [0.05, 0.1) is 15.1 Å². The molecule has 0 spiro atoms. The van der Waals surface area contributed by atoms with Gasteiger partial charge in [-0.2, -0.15) is 5.26 Å². The number of thioether (sulfide) groups is 1. The highest BCUT2D eigenvalue weighted by Crippen LogP contribution is 2.33. The summed E-state index contributed by atoms with van der Waals surface area (Å²) in [6.45, 7) is 1.72. The normalized spacial score (nSPS) is 10.9. The van der Waals surface area contributed by atoms with Crippen LogP contribution in [-0.4, -0.2) is 16.3 Å². The van der Waals surface area contributed by atoms with Gasteiger partial charge in [0.25, 0.3) is 5.69 Å². The number of nitro benzene ring substituents is 1. The predicted molar refractivity (Wildman–Crippen MR) is 74.9 cm³/mol. The van der Waals surface area contributed by atoms with Gasteiger partial charge in [0.1, 0.15) is 0 Å². The molecule has 0 unspecified atom stereocenters. The third-order valence-corrected chi connectivity index (χ3v) is 3.20. The van der Waals surface area contributed by atoms with Crippen molar-refractivity contribution in [3.63, 3.8) is 0 Å². The van der Waals surface area contributed by atoms with Gasteiger partial charge in [-0.3, -0.25) is 15.4 Å². The van der Waals surface area contributed by atoms with Crippen LogP contribution in [0.4, 0.5) is 11.4 Å². The lowest BCUT2D eigenvalue weighted by atomic mass is 10.2. The van der Waals surface area contributed by atoms with Crippen LogP contribution < -0.4 is 5.32 Å². The van der Waals surface area contributed by atoms with Crippen LogP contribution in [0.15, 0.2) is 21.6 Å². The molecule has 8 heteroatoms. The highest BCUT2D eigenvalue weighted by Gasteiger charge is 2.13. The second kappa shape index (κ2) is 6.37. The number of hydrogen-bond acceptors (Lipinski definition) is 5. The zero-order valence-corrected chi connectivity index (χ0v) is 12.0. The molecule has 6 nitrogen and oxygen atoms in total. The second-order valence-electron chi connectivity index (χ2n) is 3.21. The van der Waals surface area contributed by atoms with Gasteiger partial charge in [0.2, 0.25) is 0 Å². The minimum atomic E-state index is -0.464. The number of nitro groups is 1. The van der Waals surface area contributed by atoms with E-state index < -0.39 is 4.92 Å². The van der Waals surface area contributed by atoms with Crippen LogP contribution in [-0.2, 0) is 0 Å². The number of benzene rings is 1. The molecule has 94 valence electrons. The maximum atomic E-state index is 10.7. The van der Waals surface area contributed by atoms with Crippen LogP contribution in [0.2, 0.25) is 0 Å². The zero-order valence-electron chi connectivity index (χ0n) is 9.60. The second-order valence-corrected chi connectivity index (χ2v) is 4.86. The summed E-state index contributed by atoms with van der Waals surface area (Å²) in [5.74, 6) is 0. The van der Waals surface area contributed by atoms with Crippen molar-refractivity contribution in [2.24, 2.45) is 4.99 Å². The molecule has 1 rings (SSSR count). The molecule has 1 aromatic rings. The Labute approximate surface area is 116 Å². The van der Waals surface area contributed by atoms with Crippen LogP contribution in [0.1, 0.15) is 5.56 Å². The summed E-state index contributed by atoms with van der Waals surface area (Å²) in [7, 11) is 0. The molecule has 0 saturated carbocycles. The van der Waals surface area contributed by atoms with Gasteiger partial charge in [-0.15, -0.1) is 0 Å². The Balaban J connectivity index is 3.27. The molecule has 0 bridgehead atoms. The van der Waals surface area contributed by atoms with Crippen LogP contribution in [0, 0.1) is 28.5 Å². The number of rotatable bonds is 2. The molecule has 0 saturated heterocycles. The maximum absolute atomic E-state index is 10.7. The van der Waals surface area contributed by atoms with Crippen molar-refractivity contribution in [3.8, 4) is 6.19 Å². The fourth-order valence-corrected chi connectivity index (χ4v) is 2.21.